The van der Waals surface area contributed by atoms with E-state index in [1.807, 2.05) is 7.05 Å². The van der Waals surface area contributed by atoms with Crippen LogP contribution in [0.25, 0.3) is 0 Å². The number of nitrogens with one attached hydrogen (secondary N) is 1. The number of para-hydroxylation sites is 1. The lowest BCUT2D eigenvalue weighted by molar-refractivity contribution is 0.238. The lowest BCUT2D eigenvalue weighted by atomic mass is 10.1. The molecule has 1 aliphatic rings. The Kier molecular flexibility index (Phi) is 3.80. The zero-order chi connectivity index (χ0) is 11.4. The first-order valence-corrected chi connectivity index (χ1v) is 5.93. The average Bonchev–Trinajstić information content (AvgIpc) is 2.79. The van der Waals surface area contributed by atoms with E-state index in [9.17, 15) is 0 Å². The number of nitrogens with zero attached hydrogens (tertiary/aromatic N) is 1. The van der Waals surface area contributed by atoms with Crippen molar-refractivity contribution in [2.45, 2.75) is 13.0 Å². The van der Waals surface area contributed by atoms with Crippen LogP contribution in [0.15, 0.2) is 24.3 Å². The van der Waals surface area contributed by atoms with E-state index in [4.69, 9.17) is 5.11 Å². The van der Waals surface area contributed by atoms with E-state index < -0.39 is 0 Å². The SMILES string of the molecule is CNCc1ccccc1N1CCC(CO)C1. The van der Waals surface area contributed by atoms with Crippen molar-refractivity contribution in [3.8, 4) is 0 Å². The van der Waals surface area contributed by atoms with Gasteiger partial charge in [-0.2, -0.15) is 0 Å². The van der Waals surface area contributed by atoms with Gasteiger partial charge in [0.1, 0.15) is 0 Å². The van der Waals surface area contributed by atoms with Crippen molar-refractivity contribution >= 4 is 5.69 Å². The van der Waals surface area contributed by atoms with E-state index in [0.29, 0.717) is 12.5 Å². The molecule has 1 aliphatic heterocycles. The third-order valence-electron chi connectivity index (χ3n) is 3.24. The van der Waals surface area contributed by atoms with Crippen molar-refractivity contribution < 1.29 is 5.11 Å². The van der Waals surface area contributed by atoms with E-state index in [-0.39, 0.29) is 0 Å². The number of aliphatic hydroxyl groups excluding tert-OH is 1. The minimum atomic E-state index is 0.310. The van der Waals surface area contributed by atoms with Crippen LogP contribution in [0.4, 0.5) is 5.69 Å². The molecule has 1 aromatic carbocycles. The Morgan fingerprint density at radius 3 is 2.94 bits per heavy atom. The van der Waals surface area contributed by atoms with Crippen molar-refractivity contribution in [3.05, 3.63) is 29.8 Å². The van der Waals surface area contributed by atoms with Gasteiger partial charge in [-0.25, -0.2) is 0 Å². The number of hydrogen-bond donors (Lipinski definition) is 2. The molecule has 1 unspecified atom stereocenters. The first kappa shape index (κ1) is 11.4. The minimum absolute atomic E-state index is 0.310. The smallest absolute Gasteiger partial charge is 0.0476 e. The lowest BCUT2D eigenvalue weighted by Crippen LogP contribution is -2.22. The summed E-state index contributed by atoms with van der Waals surface area (Å²) in [5.41, 5.74) is 2.65. The highest BCUT2D eigenvalue weighted by atomic mass is 16.3. The molecule has 0 bridgehead atoms. The predicted octanol–water partition coefficient (Wildman–Crippen LogP) is 1.22. The fraction of sp³-hybridized carbons (Fsp3) is 0.538. The summed E-state index contributed by atoms with van der Waals surface area (Å²) in [6.07, 6.45) is 1.10. The van der Waals surface area contributed by atoms with Crippen molar-refractivity contribution in [1.29, 1.82) is 0 Å². The van der Waals surface area contributed by atoms with Crippen LogP contribution in [-0.4, -0.2) is 31.9 Å². The zero-order valence-electron chi connectivity index (χ0n) is 9.82. The Hall–Kier alpha value is -1.06. The van der Waals surface area contributed by atoms with Crippen LogP contribution in [0.3, 0.4) is 0 Å². The van der Waals surface area contributed by atoms with Gasteiger partial charge in [0.15, 0.2) is 0 Å². The Morgan fingerprint density at radius 2 is 2.25 bits per heavy atom. The molecule has 0 aromatic heterocycles. The summed E-state index contributed by atoms with van der Waals surface area (Å²) in [6.45, 7) is 3.25. The van der Waals surface area contributed by atoms with E-state index in [2.05, 4.69) is 34.5 Å². The summed E-state index contributed by atoms with van der Waals surface area (Å²) < 4.78 is 0. The van der Waals surface area contributed by atoms with Gasteiger partial charge in [0, 0.05) is 37.8 Å². The number of aliphatic hydroxyl groups is 1. The zero-order valence-corrected chi connectivity index (χ0v) is 9.82. The van der Waals surface area contributed by atoms with Crippen molar-refractivity contribution in [2.75, 3.05) is 31.6 Å². The molecule has 2 rings (SSSR count). The minimum Gasteiger partial charge on any atom is -0.396 e. The van der Waals surface area contributed by atoms with Crippen LogP contribution in [0.1, 0.15) is 12.0 Å². The van der Waals surface area contributed by atoms with Gasteiger partial charge in [-0.3, -0.25) is 0 Å². The summed E-state index contributed by atoms with van der Waals surface area (Å²) in [5, 5.41) is 12.4. The first-order chi connectivity index (χ1) is 7.85. The Morgan fingerprint density at radius 1 is 1.44 bits per heavy atom. The van der Waals surface area contributed by atoms with Gasteiger partial charge in [0.05, 0.1) is 0 Å². The molecule has 0 aliphatic carbocycles. The molecule has 1 aromatic rings. The fourth-order valence-corrected chi connectivity index (χ4v) is 2.36. The second-order valence-electron chi connectivity index (χ2n) is 4.44. The molecule has 3 heteroatoms. The maximum atomic E-state index is 9.16. The molecule has 2 N–H and O–H groups in total. The van der Waals surface area contributed by atoms with Gasteiger partial charge in [-0.15, -0.1) is 0 Å². The van der Waals surface area contributed by atoms with Crippen LogP contribution in [0, 0.1) is 5.92 Å². The van der Waals surface area contributed by atoms with Crippen molar-refractivity contribution in [1.82, 2.24) is 5.32 Å². The number of benzene rings is 1. The molecule has 0 spiro atoms. The summed E-state index contributed by atoms with van der Waals surface area (Å²) in [7, 11) is 1.97. The number of hydrogen-bond acceptors (Lipinski definition) is 3. The summed E-state index contributed by atoms with van der Waals surface area (Å²) >= 11 is 0. The molecular formula is C13H20N2O. The van der Waals surface area contributed by atoms with Gasteiger partial charge in [0.2, 0.25) is 0 Å². The third-order valence-corrected chi connectivity index (χ3v) is 3.24. The standard InChI is InChI=1S/C13H20N2O/c1-14-8-12-4-2-3-5-13(12)15-7-6-11(9-15)10-16/h2-5,11,14,16H,6-10H2,1H3. The fourth-order valence-electron chi connectivity index (χ4n) is 2.36. The second kappa shape index (κ2) is 5.32. The molecule has 0 saturated carbocycles. The van der Waals surface area contributed by atoms with Gasteiger partial charge in [-0.1, -0.05) is 18.2 Å². The van der Waals surface area contributed by atoms with Crippen LogP contribution < -0.4 is 10.2 Å². The van der Waals surface area contributed by atoms with E-state index >= 15 is 0 Å². The maximum Gasteiger partial charge on any atom is 0.0476 e. The van der Waals surface area contributed by atoms with Crippen LogP contribution in [0.2, 0.25) is 0 Å². The number of rotatable bonds is 4. The summed E-state index contributed by atoms with van der Waals surface area (Å²) in [5.74, 6) is 0.447. The highest BCUT2D eigenvalue weighted by molar-refractivity contribution is 5.54. The van der Waals surface area contributed by atoms with Gasteiger partial charge >= 0.3 is 0 Å². The van der Waals surface area contributed by atoms with E-state index in [1.165, 1.54) is 11.3 Å². The normalized spacial score (nSPS) is 20.4. The Labute approximate surface area is 97.1 Å². The molecule has 16 heavy (non-hydrogen) atoms. The lowest BCUT2D eigenvalue weighted by Gasteiger charge is -2.21. The Bertz CT molecular complexity index is 340. The van der Waals surface area contributed by atoms with Gasteiger partial charge in [-0.05, 0) is 25.1 Å². The summed E-state index contributed by atoms with van der Waals surface area (Å²) in [4.78, 5) is 2.38. The topological polar surface area (TPSA) is 35.5 Å². The molecule has 1 saturated heterocycles. The molecule has 88 valence electrons. The second-order valence-corrected chi connectivity index (χ2v) is 4.44. The van der Waals surface area contributed by atoms with E-state index in [0.717, 1.165) is 26.1 Å². The quantitative estimate of drug-likeness (QED) is 0.801. The predicted molar refractivity (Wildman–Crippen MR) is 66.6 cm³/mol. The summed E-state index contributed by atoms with van der Waals surface area (Å²) in [6, 6.07) is 8.50. The van der Waals surface area contributed by atoms with Crippen molar-refractivity contribution in [3.63, 3.8) is 0 Å². The van der Waals surface area contributed by atoms with Crippen LogP contribution in [0.5, 0.6) is 0 Å². The molecule has 0 amide bonds. The van der Waals surface area contributed by atoms with Crippen molar-refractivity contribution in [2.24, 2.45) is 5.92 Å². The van der Waals surface area contributed by atoms with Crippen LogP contribution in [-0.2, 0) is 6.54 Å². The van der Waals surface area contributed by atoms with Crippen LogP contribution >= 0.6 is 0 Å². The monoisotopic (exact) mass is 220 g/mol. The highest BCUT2D eigenvalue weighted by Gasteiger charge is 2.22. The van der Waals surface area contributed by atoms with Gasteiger partial charge < -0.3 is 15.3 Å². The third kappa shape index (κ3) is 2.36. The molecule has 1 fully saturated rings. The maximum absolute atomic E-state index is 9.16. The molecule has 1 atom stereocenters. The molecule has 3 nitrogen and oxygen atoms in total. The van der Waals surface area contributed by atoms with E-state index in [1.54, 1.807) is 0 Å². The molecular weight excluding hydrogens is 200 g/mol. The Balaban J connectivity index is 2.14. The number of anilines is 1. The first-order valence-electron chi connectivity index (χ1n) is 5.93. The average molecular weight is 220 g/mol. The van der Waals surface area contributed by atoms with Gasteiger partial charge in [0.25, 0.3) is 0 Å². The molecule has 1 heterocycles. The molecule has 0 radical (unpaired) electrons. The highest BCUT2D eigenvalue weighted by Crippen LogP contribution is 2.26. The largest absolute Gasteiger partial charge is 0.396 e.